The zero-order valence-electron chi connectivity index (χ0n) is 22.0. The van der Waals surface area contributed by atoms with E-state index in [4.69, 9.17) is 14.2 Å². The molecule has 1 fully saturated rings. The zero-order valence-corrected chi connectivity index (χ0v) is 22.9. The van der Waals surface area contributed by atoms with Crippen molar-refractivity contribution in [3.8, 4) is 22.8 Å². The van der Waals surface area contributed by atoms with E-state index >= 15 is 0 Å². The van der Waals surface area contributed by atoms with Gasteiger partial charge < -0.3 is 19.4 Å². The van der Waals surface area contributed by atoms with Crippen molar-refractivity contribution in [1.82, 2.24) is 24.3 Å². The molecule has 1 aliphatic rings. The fourth-order valence-electron chi connectivity index (χ4n) is 4.73. The van der Waals surface area contributed by atoms with E-state index in [9.17, 15) is 13.6 Å². The number of aromatic nitrogens is 3. The van der Waals surface area contributed by atoms with Crippen LogP contribution < -0.4 is 14.2 Å². The van der Waals surface area contributed by atoms with Crippen LogP contribution in [0.15, 0.2) is 48.9 Å². The Labute approximate surface area is 227 Å². The number of nitrogens with zero attached hydrogens (tertiary/aromatic N) is 4. The zero-order chi connectivity index (χ0) is 27.4. The van der Waals surface area contributed by atoms with Crippen molar-refractivity contribution >= 4 is 31.8 Å². The Morgan fingerprint density at radius 3 is 2.72 bits per heavy atom. The molecule has 39 heavy (non-hydrogen) atoms. The number of morpholine rings is 1. The van der Waals surface area contributed by atoms with Crippen LogP contribution in [0.5, 0.6) is 11.5 Å². The lowest BCUT2D eigenvalue weighted by molar-refractivity contribution is 0.0374. The van der Waals surface area contributed by atoms with E-state index in [2.05, 4.69) is 19.6 Å². The SMILES string of the molecule is COc1cc2c(-c3cn(O)c4ccccc34)ncnc2cc1OCCNS(=O)(=O)C(C)CCN1CCOCC1. The summed E-state index contributed by atoms with van der Waals surface area (Å²) in [6.45, 7) is 5.73. The van der Waals surface area contributed by atoms with Crippen LogP contribution in [0.2, 0.25) is 0 Å². The normalized spacial score (nSPS) is 15.5. The molecule has 2 aromatic carbocycles. The molecule has 3 heterocycles. The van der Waals surface area contributed by atoms with Crippen molar-refractivity contribution in [2.75, 3.05) is 53.1 Å². The molecule has 1 unspecified atom stereocenters. The topological polar surface area (TPSA) is 128 Å². The first kappa shape index (κ1) is 27.1. The van der Waals surface area contributed by atoms with Crippen LogP contribution in [-0.4, -0.2) is 91.6 Å². The second-order valence-electron chi connectivity index (χ2n) is 9.49. The molecule has 0 bridgehead atoms. The Kier molecular flexibility index (Phi) is 8.17. The highest BCUT2D eigenvalue weighted by molar-refractivity contribution is 7.90. The maximum atomic E-state index is 12.7. The van der Waals surface area contributed by atoms with Gasteiger partial charge in [0.05, 0.1) is 48.5 Å². The van der Waals surface area contributed by atoms with Gasteiger partial charge in [0.25, 0.3) is 0 Å². The number of para-hydroxylation sites is 1. The molecule has 1 saturated heterocycles. The van der Waals surface area contributed by atoms with Gasteiger partial charge in [-0.2, -0.15) is 4.73 Å². The smallest absolute Gasteiger partial charge is 0.214 e. The number of benzene rings is 2. The average molecular weight is 556 g/mol. The van der Waals surface area contributed by atoms with Crippen molar-refractivity contribution in [2.24, 2.45) is 0 Å². The molecule has 1 atom stereocenters. The molecule has 2 N–H and O–H groups in total. The molecule has 0 amide bonds. The molecule has 0 saturated carbocycles. The van der Waals surface area contributed by atoms with Crippen molar-refractivity contribution in [1.29, 1.82) is 0 Å². The summed E-state index contributed by atoms with van der Waals surface area (Å²) in [5.41, 5.74) is 2.70. The molecule has 1 aliphatic heterocycles. The Balaban J connectivity index is 1.26. The predicted octanol–water partition coefficient (Wildman–Crippen LogP) is 2.91. The molecule has 0 aliphatic carbocycles. The molecule has 0 spiro atoms. The standard InChI is InChI=1S/C27H33N5O6S/c1-19(7-9-31-10-13-37-14-11-31)39(34,35)30-8-12-38-26-16-23-21(15-25(26)36-2)27(29-18-28-23)22-17-32(33)24-6-4-3-5-20(22)24/h3-6,15-19,30,33H,7-14H2,1-2H3. The summed E-state index contributed by atoms with van der Waals surface area (Å²) in [6.07, 6.45) is 3.63. The van der Waals surface area contributed by atoms with Crippen molar-refractivity contribution in [3.63, 3.8) is 0 Å². The molecule has 11 nitrogen and oxygen atoms in total. The molecule has 208 valence electrons. The maximum absolute atomic E-state index is 12.7. The van der Waals surface area contributed by atoms with Crippen molar-refractivity contribution in [2.45, 2.75) is 18.6 Å². The van der Waals surface area contributed by atoms with Gasteiger partial charge in [-0.05, 0) is 32.0 Å². The van der Waals surface area contributed by atoms with Gasteiger partial charge in [-0.15, -0.1) is 0 Å². The van der Waals surface area contributed by atoms with Gasteiger partial charge in [0.2, 0.25) is 10.0 Å². The highest BCUT2D eigenvalue weighted by Crippen LogP contribution is 2.37. The van der Waals surface area contributed by atoms with E-state index < -0.39 is 15.3 Å². The summed E-state index contributed by atoms with van der Waals surface area (Å²) in [6, 6.07) is 11.0. The molecule has 4 aromatic rings. The number of fused-ring (bicyclic) bond motifs is 2. The lowest BCUT2D eigenvalue weighted by Crippen LogP contribution is -2.40. The minimum atomic E-state index is -3.48. The highest BCUT2D eigenvalue weighted by Gasteiger charge is 2.22. The van der Waals surface area contributed by atoms with Gasteiger partial charge in [0.15, 0.2) is 11.5 Å². The summed E-state index contributed by atoms with van der Waals surface area (Å²) in [5.74, 6) is 0.909. The van der Waals surface area contributed by atoms with Crippen LogP contribution in [0.1, 0.15) is 13.3 Å². The molecule has 5 rings (SSSR count). The first-order valence-electron chi connectivity index (χ1n) is 12.9. The molecule has 12 heteroatoms. The summed E-state index contributed by atoms with van der Waals surface area (Å²) < 4.78 is 46.0. The third kappa shape index (κ3) is 5.93. The van der Waals surface area contributed by atoms with Crippen LogP contribution in [0, 0.1) is 0 Å². The summed E-state index contributed by atoms with van der Waals surface area (Å²) >= 11 is 0. The van der Waals surface area contributed by atoms with Gasteiger partial charge >= 0.3 is 0 Å². The predicted molar refractivity (Wildman–Crippen MR) is 148 cm³/mol. The lowest BCUT2D eigenvalue weighted by atomic mass is 10.1. The Morgan fingerprint density at radius 2 is 1.92 bits per heavy atom. The number of hydrogen-bond donors (Lipinski definition) is 2. The van der Waals surface area contributed by atoms with Crippen LogP contribution in [0.3, 0.4) is 0 Å². The van der Waals surface area contributed by atoms with E-state index in [1.54, 1.807) is 25.3 Å². The summed E-state index contributed by atoms with van der Waals surface area (Å²) in [5, 5.41) is 11.4. The fraction of sp³-hybridized carbons (Fsp3) is 0.407. The van der Waals surface area contributed by atoms with Gasteiger partial charge in [0, 0.05) is 42.0 Å². The van der Waals surface area contributed by atoms with Gasteiger partial charge in [-0.1, -0.05) is 18.2 Å². The van der Waals surface area contributed by atoms with Gasteiger partial charge in [-0.3, -0.25) is 4.90 Å². The number of rotatable bonds is 11. The largest absolute Gasteiger partial charge is 0.493 e. The second kappa shape index (κ2) is 11.7. The van der Waals surface area contributed by atoms with E-state index in [0.29, 0.717) is 47.9 Å². The first-order valence-corrected chi connectivity index (χ1v) is 14.5. The third-order valence-corrected chi connectivity index (χ3v) is 8.92. The average Bonchev–Trinajstić information content (AvgIpc) is 3.29. The number of sulfonamides is 1. The van der Waals surface area contributed by atoms with Crippen LogP contribution in [0.4, 0.5) is 0 Å². The second-order valence-corrected chi connectivity index (χ2v) is 11.7. The number of ether oxygens (including phenoxy) is 3. The molecule has 0 radical (unpaired) electrons. The molecular weight excluding hydrogens is 522 g/mol. The molecule has 2 aromatic heterocycles. The maximum Gasteiger partial charge on any atom is 0.214 e. The quantitative estimate of drug-likeness (QED) is 0.212. The summed E-state index contributed by atoms with van der Waals surface area (Å²) in [4.78, 5) is 11.1. The van der Waals surface area contributed by atoms with E-state index in [1.807, 2.05) is 24.3 Å². The van der Waals surface area contributed by atoms with Crippen molar-refractivity contribution in [3.05, 3.63) is 48.9 Å². The monoisotopic (exact) mass is 555 g/mol. The van der Waals surface area contributed by atoms with E-state index in [-0.39, 0.29) is 13.2 Å². The van der Waals surface area contributed by atoms with Crippen molar-refractivity contribution < 1.29 is 27.8 Å². The Morgan fingerprint density at radius 1 is 1.13 bits per heavy atom. The van der Waals surface area contributed by atoms with Crippen LogP contribution >= 0.6 is 0 Å². The number of nitrogens with one attached hydrogen (secondary N) is 1. The third-order valence-electron chi connectivity index (χ3n) is 7.02. The number of hydrogen-bond acceptors (Lipinski definition) is 9. The number of methoxy groups -OCH3 is 1. The Hall–Kier alpha value is -3.45. The minimum Gasteiger partial charge on any atom is -0.493 e. The summed E-state index contributed by atoms with van der Waals surface area (Å²) in [7, 11) is -1.94. The highest BCUT2D eigenvalue weighted by atomic mass is 32.2. The van der Waals surface area contributed by atoms with Gasteiger partial charge in [0.1, 0.15) is 12.9 Å². The fourth-order valence-corrected chi connectivity index (χ4v) is 5.80. The van der Waals surface area contributed by atoms with E-state index in [1.165, 1.54) is 13.4 Å². The van der Waals surface area contributed by atoms with E-state index in [0.717, 1.165) is 40.7 Å². The van der Waals surface area contributed by atoms with Gasteiger partial charge in [-0.25, -0.2) is 23.1 Å². The minimum absolute atomic E-state index is 0.118. The van der Waals surface area contributed by atoms with Crippen LogP contribution in [0.25, 0.3) is 33.1 Å². The Bertz CT molecular complexity index is 1550. The lowest BCUT2D eigenvalue weighted by Gasteiger charge is -2.27. The first-order chi connectivity index (χ1) is 18.9. The van der Waals surface area contributed by atoms with Crippen LogP contribution in [-0.2, 0) is 14.8 Å². The molecular formula is C27H33N5O6S.